The highest BCUT2D eigenvalue weighted by molar-refractivity contribution is 7.80. The van der Waals surface area contributed by atoms with Crippen LogP contribution in [0.3, 0.4) is 0 Å². The van der Waals surface area contributed by atoms with E-state index in [1.54, 1.807) is 24.3 Å². The smallest absolute Gasteiger partial charge is 0.240 e. The lowest BCUT2D eigenvalue weighted by Crippen LogP contribution is -2.45. The Morgan fingerprint density at radius 1 is 1.22 bits per heavy atom. The molecule has 0 aliphatic carbocycles. The first-order chi connectivity index (χ1) is 11.0. The van der Waals surface area contributed by atoms with Crippen LogP contribution < -0.4 is 16.2 Å². The maximum absolute atomic E-state index is 11.7. The number of nitrogens with zero attached hydrogens (tertiary/aromatic N) is 1. The number of carbonyl (C=O) groups is 3. The van der Waals surface area contributed by atoms with Crippen molar-refractivity contribution in [1.82, 2.24) is 15.8 Å². The average Bonchev–Trinajstić information content (AvgIpc) is 2.82. The predicted molar refractivity (Wildman–Crippen MR) is 89.5 cm³/mol. The molecule has 9 heteroatoms. The summed E-state index contributed by atoms with van der Waals surface area (Å²) in [6.45, 7) is 0.0691. The van der Waals surface area contributed by atoms with E-state index in [0.29, 0.717) is 10.7 Å². The number of imide groups is 1. The van der Waals surface area contributed by atoms with Crippen LogP contribution in [0.25, 0.3) is 0 Å². The first kappa shape index (κ1) is 17.2. The summed E-state index contributed by atoms with van der Waals surface area (Å²) >= 11 is 10.9. The molecule has 1 aromatic carbocycles. The minimum Gasteiger partial charge on any atom is -0.331 e. The molecule has 7 nitrogen and oxygen atoms in total. The van der Waals surface area contributed by atoms with Gasteiger partial charge in [-0.25, -0.2) is 0 Å². The molecule has 3 N–H and O–H groups in total. The summed E-state index contributed by atoms with van der Waals surface area (Å²) < 4.78 is 0. The summed E-state index contributed by atoms with van der Waals surface area (Å²) in [6, 6.07) is 6.94. The molecular weight excluding hydrogens is 340 g/mol. The number of hydrogen-bond acceptors (Lipinski definition) is 4. The summed E-state index contributed by atoms with van der Waals surface area (Å²) in [6.07, 6.45) is 0.433. The Hall–Kier alpha value is -2.19. The topological polar surface area (TPSA) is 90.5 Å². The SMILES string of the molecule is O=C(CCN1C(=O)CCC1=O)NNC(=S)Nc1cccc(Cl)c1. The number of hydrogen-bond donors (Lipinski definition) is 3. The van der Waals surface area contributed by atoms with Crippen LogP contribution in [0, 0.1) is 0 Å². The lowest BCUT2D eigenvalue weighted by atomic mass is 10.3. The number of anilines is 1. The predicted octanol–water partition coefficient (Wildman–Crippen LogP) is 1.20. The van der Waals surface area contributed by atoms with Crippen LogP contribution in [0.4, 0.5) is 5.69 Å². The summed E-state index contributed by atoms with van der Waals surface area (Å²) in [5.41, 5.74) is 5.61. The molecule has 0 saturated carbocycles. The minimum atomic E-state index is -0.382. The van der Waals surface area contributed by atoms with Crippen molar-refractivity contribution < 1.29 is 14.4 Å². The van der Waals surface area contributed by atoms with Crippen LogP contribution in [0.1, 0.15) is 19.3 Å². The first-order valence-corrected chi connectivity index (χ1v) is 7.69. The van der Waals surface area contributed by atoms with Gasteiger partial charge in [-0.3, -0.25) is 30.1 Å². The van der Waals surface area contributed by atoms with Gasteiger partial charge in [0.05, 0.1) is 0 Å². The summed E-state index contributed by atoms with van der Waals surface area (Å²) in [5.74, 6) is -0.865. The normalized spacial score (nSPS) is 13.9. The third kappa shape index (κ3) is 5.19. The molecular formula is C14H15ClN4O3S. The van der Waals surface area contributed by atoms with Crippen molar-refractivity contribution in [3.8, 4) is 0 Å². The number of likely N-dealkylation sites (tertiary alicyclic amines) is 1. The van der Waals surface area contributed by atoms with E-state index < -0.39 is 0 Å². The Balaban J connectivity index is 1.70. The van der Waals surface area contributed by atoms with Crippen molar-refractivity contribution in [2.45, 2.75) is 19.3 Å². The van der Waals surface area contributed by atoms with E-state index in [9.17, 15) is 14.4 Å². The maximum Gasteiger partial charge on any atom is 0.240 e. The Kier molecular flexibility index (Phi) is 5.89. The standard InChI is InChI=1S/C14H15ClN4O3S/c15-9-2-1-3-10(8-9)16-14(23)18-17-11(20)6-7-19-12(21)4-5-13(19)22/h1-3,8H,4-7H2,(H,17,20)(H2,16,18,23). The summed E-state index contributed by atoms with van der Waals surface area (Å²) in [4.78, 5) is 35.6. The number of thiocarbonyl (C=S) groups is 1. The van der Waals surface area contributed by atoms with Gasteiger partial charge in [0, 0.05) is 36.5 Å². The van der Waals surface area contributed by atoms with Gasteiger partial charge in [0.1, 0.15) is 0 Å². The zero-order valence-corrected chi connectivity index (χ0v) is 13.7. The third-order valence-corrected chi connectivity index (χ3v) is 3.55. The summed E-state index contributed by atoms with van der Waals surface area (Å²) in [5, 5.41) is 3.60. The molecule has 2 rings (SSSR count). The Morgan fingerprint density at radius 2 is 1.91 bits per heavy atom. The van der Waals surface area contributed by atoms with Gasteiger partial charge >= 0.3 is 0 Å². The number of amides is 3. The van der Waals surface area contributed by atoms with Crippen LogP contribution in [0.2, 0.25) is 5.02 Å². The highest BCUT2D eigenvalue weighted by Crippen LogP contribution is 2.14. The van der Waals surface area contributed by atoms with Crippen molar-refractivity contribution in [3.05, 3.63) is 29.3 Å². The molecule has 1 aliphatic heterocycles. The minimum absolute atomic E-state index is 0.00422. The highest BCUT2D eigenvalue weighted by atomic mass is 35.5. The Bertz CT molecular complexity index is 637. The quantitative estimate of drug-likeness (QED) is 0.427. The van der Waals surface area contributed by atoms with Gasteiger partial charge in [-0.15, -0.1) is 0 Å². The first-order valence-electron chi connectivity index (χ1n) is 6.90. The Morgan fingerprint density at radius 3 is 2.57 bits per heavy atom. The number of rotatable bonds is 4. The van der Waals surface area contributed by atoms with Crippen LogP contribution in [-0.4, -0.2) is 34.3 Å². The third-order valence-electron chi connectivity index (χ3n) is 3.12. The molecule has 0 radical (unpaired) electrons. The fraction of sp³-hybridized carbons (Fsp3) is 0.286. The van der Waals surface area contributed by atoms with E-state index in [2.05, 4.69) is 16.2 Å². The number of halogens is 1. The molecule has 122 valence electrons. The number of carbonyl (C=O) groups excluding carboxylic acids is 3. The average molecular weight is 355 g/mol. The second-order valence-electron chi connectivity index (χ2n) is 4.83. The molecule has 0 aromatic heterocycles. The van der Waals surface area contributed by atoms with Crippen LogP contribution in [-0.2, 0) is 14.4 Å². The highest BCUT2D eigenvalue weighted by Gasteiger charge is 2.28. The number of benzene rings is 1. The van der Waals surface area contributed by atoms with Gasteiger partial charge in [0.15, 0.2) is 5.11 Å². The number of nitrogens with one attached hydrogen (secondary N) is 3. The largest absolute Gasteiger partial charge is 0.331 e. The molecule has 0 atom stereocenters. The monoisotopic (exact) mass is 354 g/mol. The van der Waals surface area contributed by atoms with Crippen molar-refractivity contribution in [1.29, 1.82) is 0 Å². The van der Waals surface area contributed by atoms with Gasteiger partial charge in [0.25, 0.3) is 0 Å². The van der Waals surface area contributed by atoms with Gasteiger partial charge in [-0.1, -0.05) is 17.7 Å². The van der Waals surface area contributed by atoms with E-state index in [4.69, 9.17) is 23.8 Å². The van der Waals surface area contributed by atoms with Gasteiger partial charge < -0.3 is 5.32 Å². The van der Waals surface area contributed by atoms with Crippen molar-refractivity contribution in [3.63, 3.8) is 0 Å². The fourth-order valence-corrected chi connectivity index (χ4v) is 2.36. The van der Waals surface area contributed by atoms with Gasteiger partial charge in [-0.2, -0.15) is 0 Å². The van der Waals surface area contributed by atoms with Crippen molar-refractivity contribution in [2.75, 3.05) is 11.9 Å². The second-order valence-corrected chi connectivity index (χ2v) is 5.67. The van der Waals surface area contributed by atoms with Crippen LogP contribution in [0.5, 0.6) is 0 Å². The van der Waals surface area contributed by atoms with Gasteiger partial charge in [0.2, 0.25) is 17.7 Å². The molecule has 3 amide bonds. The second kappa shape index (κ2) is 7.89. The van der Waals surface area contributed by atoms with Crippen LogP contribution >= 0.6 is 23.8 Å². The lowest BCUT2D eigenvalue weighted by molar-refractivity contribution is -0.138. The van der Waals surface area contributed by atoms with E-state index in [-0.39, 0.29) is 48.6 Å². The van der Waals surface area contributed by atoms with E-state index in [0.717, 1.165) is 4.90 Å². The molecule has 23 heavy (non-hydrogen) atoms. The fourth-order valence-electron chi connectivity index (χ4n) is 2.00. The van der Waals surface area contributed by atoms with Crippen molar-refractivity contribution in [2.24, 2.45) is 0 Å². The van der Waals surface area contributed by atoms with E-state index in [1.807, 2.05) is 0 Å². The maximum atomic E-state index is 11.7. The zero-order chi connectivity index (χ0) is 16.8. The molecule has 1 aromatic rings. The molecule has 0 bridgehead atoms. The zero-order valence-electron chi connectivity index (χ0n) is 12.1. The molecule has 1 saturated heterocycles. The van der Waals surface area contributed by atoms with Crippen LogP contribution in [0.15, 0.2) is 24.3 Å². The molecule has 0 spiro atoms. The molecule has 0 unspecified atom stereocenters. The lowest BCUT2D eigenvalue weighted by Gasteiger charge is -2.14. The van der Waals surface area contributed by atoms with E-state index >= 15 is 0 Å². The van der Waals surface area contributed by atoms with Gasteiger partial charge in [-0.05, 0) is 30.4 Å². The molecule has 1 aliphatic rings. The Labute approximate surface area is 143 Å². The number of hydrazine groups is 1. The summed E-state index contributed by atoms with van der Waals surface area (Å²) in [7, 11) is 0. The molecule has 1 heterocycles. The van der Waals surface area contributed by atoms with Crippen molar-refractivity contribution >= 4 is 52.3 Å². The molecule has 1 fully saturated rings. The van der Waals surface area contributed by atoms with E-state index in [1.165, 1.54) is 0 Å².